The zero-order valence-corrected chi connectivity index (χ0v) is 12.7. The van der Waals surface area contributed by atoms with Crippen molar-refractivity contribution >= 4 is 27.4 Å². The molecule has 0 aliphatic heterocycles. The Morgan fingerprint density at radius 1 is 1.33 bits per heavy atom. The number of pyridine rings is 1. The Labute approximate surface area is 128 Å². The van der Waals surface area contributed by atoms with Crippen molar-refractivity contribution in [3.8, 4) is 0 Å². The molecule has 0 aliphatic rings. The number of aromatic nitrogens is 1. The molecule has 6 nitrogen and oxygen atoms in total. The molecule has 21 heavy (non-hydrogen) atoms. The quantitative estimate of drug-likeness (QED) is 0.482. The maximum atomic E-state index is 12.1. The number of benzene rings is 1. The van der Waals surface area contributed by atoms with Crippen LogP contribution >= 0.6 is 15.9 Å². The van der Waals surface area contributed by atoms with E-state index in [1.807, 2.05) is 0 Å². The van der Waals surface area contributed by atoms with Crippen molar-refractivity contribution in [2.24, 2.45) is 0 Å². The molecule has 0 saturated heterocycles. The molecule has 0 aliphatic carbocycles. The topological polar surface area (TPSA) is 82.2 Å². The number of ketones is 1. The maximum Gasteiger partial charge on any atom is 0.289 e. The zero-order chi connectivity index (χ0) is 15.6. The molecular weight excluding hydrogens is 340 g/mol. The van der Waals surface area contributed by atoms with E-state index in [1.54, 1.807) is 30.3 Å². The van der Waals surface area contributed by atoms with Crippen molar-refractivity contribution in [2.75, 3.05) is 0 Å². The highest BCUT2D eigenvalue weighted by molar-refractivity contribution is 9.10. The van der Waals surface area contributed by atoms with Crippen molar-refractivity contribution < 1.29 is 9.72 Å². The number of nitrogens with zero attached hydrogens (tertiary/aromatic N) is 2. The fourth-order valence-electron chi connectivity index (χ4n) is 1.87. The van der Waals surface area contributed by atoms with Crippen LogP contribution in [0.2, 0.25) is 0 Å². The third-order valence-corrected chi connectivity index (χ3v) is 3.98. The predicted molar refractivity (Wildman–Crippen MR) is 80.6 cm³/mol. The number of hydrogen-bond acceptors (Lipinski definition) is 4. The van der Waals surface area contributed by atoms with Gasteiger partial charge in [-0.15, -0.1) is 0 Å². The summed E-state index contributed by atoms with van der Waals surface area (Å²) >= 11 is 3.05. The minimum absolute atomic E-state index is 0.0950. The number of nitro groups is 1. The van der Waals surface area contributed by atoms with E-state index in [9.17, 15) is 19.7 Å². The summed E-state index contributed by atoms with van der Waals surface area (Å²) in [6.07, 6.45) is 1.10. The summed E-state index contributed by atoms with van der Waals surface area (Å²) in [6.45, 7) is 1.23. The van der Waals surface area contributed by atoms with Crippen molar-refractivity contribution in [3.05, 3.63) is 72.6 Å². The number of rotatable bonds is 4. The summed E-state index contributed by atoms with van der Waals surface area (Å²) in [5, 5.41) is 11.0. The van der Waals surface area contributed by atoms with E-state index in [0.29, 0.717) is 5.56 Å². The highest BCUT2D eigenvalue weighted by atomic mass is 79.9. The van der Waals surface area contributed by atoms with Gasteiger partial charge in [0.05, 0.1) is 22.1 Å². The molecule has 1 aromatic heterocycles. The zero-order valence-electron chi connectivity index (χ0n) is 11.1. The molecule has 0 saturated carbocycles. The van der Waals surface area contributed by atoms with E-state index in [2.05, 4.69) is 15.9 Å². The SMILES string of the molecule is Cc1c([N+](=O)[O-])cn(CC(=O)c2ccccc2)c(=O)c1Br. The van der Waals surface area contributed by atoms with Gasteiger partial charge in [0.1, 0.15) is 0 Å². The smallest absolute Gasteiger partial charge is 0.289 e. The van der Waals surface area contributed by atoms with Gasteiger partial charge in [0.25, 0.3) is 11.2 Å². The Balaban J connectivity index is 2.44. The van der Waals surface area contributed by atoms with Crippen LogP contribution in [0.15, 0.2) is 45.8 Å². The van der Waals surface area contributed by atoms with Gasteiger partial charge in [-0.2, -0.15) is 0 Å². The molecule has 108 valence electrons. The third-order valence-electron chi connectivity index (χ3n) is 3.05. The van der Waals surface area contributed by atoms with Crippen LogP contribution in [-0.2, 0) is 6.54 Å². The molecule has 0 spiro atoms. The summed E-state index contributed by atoms with van der Waals surface area (Å²) < 4.78 is 1.14. The van der Waals surface area contributed by atoms with E-state index in [1.165, 1.54) is 6.92 Å². The van der Waals surface area contributed by atoms with Crippen LogP contribution in [0.3, 0.4) is 0 Å². The van der Waals surface area contributed by atoms with Gasteiger partial charge < -0.3 is 0 Å². The molecule has 0 radical (unpaired) electrons. The molecule has 0 atom stereocenters. The summed E-state index contributed by atoms with van der Waals surface area (Å²) in [6, 6.07) is 8.46. The van der Waals surface area contributed by atoms with Crippen molar-refractivity contribution in [2.45, 2.75) is 13.5 Å². The molecule has 1 heterocycles. The van der Waals surface area contributed by atoms with Crippen LogP contribution in [0.5, 0.6) is 0 Å². The number of carbonyl (C=O) groups excluding carboxylic acids is 1. The van der Waals surface area contributed by atoms with Crippen LogP contribution in [0.25, 0.3) is 0 Å². The maximum absolute atomic E-state index is 12.1. The van der Waals surface area contributed by atoms with Crippen molar-refractivity contribution in [1.29, 1.82) is 0 Å². The molecular formula is C14H11BrN2O4. The van der Waals surface area contributed by atoms with E-state index in [0.717, 1.165) is 10.8 Å². The summed E-state index contributed by atoms with van der Waals surface area (Å²) in [7, 11) is 0. The van der Waals surface area contributed by atoms with Gasteiger partial charge in [-0.1, -0.05) is 30.3 Å². The first-order valence-electron chi connectivity index (χ1n) is 6.04. The summed E-state index contributed by atoms with van der Waals surface area (Å²) in [4.78, 5) is 34.6. The minimum Gasteiger partial charge on any atom is -0.300 e. The van der Waals surface area contributed by atoms with Gasteiger partial charge in [-0.25, -0.2) is 0 Å². The monoisotopic (exact) mass is 350 g/mol. The molecule has 0 fully saturated rings. The summed E-state index contributed by atoms with van der Waals surface area (Å²) in [5.41, 5.74) is 0.0156. The number of halogens is 1. The minimum atomic E-state index is -0.580. The molecule has 2 aromatic rings. The van der Waals surface area contributed by atoms with Crippen LogP contribution < -0.4 is 5.56 Å². The van der Waals surface area contributed by atoms with Gasteiger partial charge in [-0.05, 0) is 22.9 Å². The normalized spacial score (nSPS) is 10.4. The second-order valence-electron chi connectivity index (χ2n) is 4.43. The van der Waals surface area contributed by atoms with Crippen LogP contribution in [-0.4, -0.2) is 15.3 Å². The van der Waals surface area contributed by atoms with Crippen molar-refractivity contribution in [3.63, 3.8) is 0 Å². The highest BCUT2D eigenvalue weighted by Crippen LogP contribution is 2.22. The first kappa shape index (κ1) is 15.1. The predicted octanol–water partition coefficient (Wildman–Crippen LogP) is 2.71. The van der Waals surface area contributed by atoms with Gasteiger partial charge in [-0.3, -0.25) is 24.3 Å². The molecule has 0 N–H and O–H groups in total. The van der Waals surface area contributed by atoms with Gasteiger partial charge in [0.15, 0.2) is 5.78 Å². The second-order valence-corrected chi connectivity index (χ2v) is 5.23. The lowest BCUT2D eigenvalue weighted by atomic mass is 10.1. The lowest BCUT2D eigenvalue weighted by Crippen LogP contribution is -2.25. The summed E-state index contributed by atoms with van der Waals surface area (Å²) in [5.74, 6) is -0.289. The Kier molecular flexibility index (Phi) is 4.32. The lowest BCUT2D eigenvalue weighted by molar-refractivity contribution is -0.386. The fourth-order valence-corrected chi connectivity index (χ4v) is 2.30. The number of hydrogen-bond donors (Lipinski definition) is 0. The Morgan fingerprint density at radius 3 is 2.52 bits per heavy atom. The third kappa shape index (κ3) is 3.08. The average Bonchev–Trinajstić information content (AvgIpc) is 2.48. The molecule has 7 heteroatoms. The van der Waals surface area contributed by atoms with Gasteiger partial charge in [0.2, 0.25) is 0 Å². The molecule has 0 unspecified atom stereocenters. The number of carbonyl (C=O) groups is 1. The molecule has 0 bridgehead atoms. The Hall–Kier alpha value is -2.28. The number of Topliss-reactive ketones (excluding diaryl/α,β-unsaturated/α-hetero) is 1. The van der Waals surface area contributed by atoms with Crippen LogP contribution in [0.4, 0.5) is 5.69 Å². The van der Waals surface area contributed by atoms with Gasteiger partial charge >= 0.3 is 0 Å². The first-order chi connectivity index (χ1) is 9.91. The van der Waals surface area contributed by atoms with E-state index >= 15 is 0 Å². The van der Waals surface area contributed by atoms with Crippen molar-refractivity contribution in [1.82, 2.24) is 4.57 Å². The molecule has 1 aromatic carbocycles. The Morgan fingerprint density at radius 2 is 1.95 bits per heavy atom. The van der Waals surface area contributed by atoms with Crippen LogP contribution in [0, 0.1) is 17.0 Å². The molecule has 2 rings (SSSR count). The second kappa shape index (κ2) is 6.01. The molecule has 0 amide bonds. The largest absolute Gasteiger partial charge is 0.300 e. The Bertz CT molecular complexity index is 769. The standard InChI is InChI=1S/C14H11BrN2O4/c1-9-11(17(20)21)7-16(14(19)13(9)15)8-12(18)10-5-3-2-4-6-10/h2-7H,8H2,1H3. The highest BCUT2D eigenvalue weighted by Gasteiger charge is 2.19. The average molecular weight is 351 g/mol. The van der Waals surface area contributed by atoms with Crippen LogP contribution in [0.1, 0.15) is 15.9 Å². The fraction of sp³-hybridized carbons (Fsp3) is 0.143. The van der Waals surface area contributed by atoms with Gasteiger partial charge in [0, 0.05) is 11.1 Å². The van der Waals surface area contributed by atoms with E-state index < -0.39 is 10.5 Å². The lowest BCUT2D eigenvalue weighted by Gasteiger charge is -2.08. The first-order valence-corrected chi connectivity index (χ1v) is 6.83. The van der Waals surface area contributed by atoms with E-state index in [-0.39, 0.29) is 28.1 Å². The van der Waals surface area contributed by atoms with E-state index in [4.69, 9.17) is 0 Å².